The molecule has 2 atom stereocenters. The number of rotatable bonds is 4. The van der Waals surface area contributed by atoms with Crippen molar-refractivity contribution in [3.05, 3.63) is 11.5 Å². The third kappa shape index (κ3) is 2.65. The van der Waals surface area contributed by atoms with E-state index in [1.165, 1.54) is 18.5 Å². The molecule has 1 fully saturated rings. The van der Waals surface area contributed by atoms with Gasteiger partial charge in [-0.25, -0.2) is 9.71 Å². The summed E-state index contributed by atoms with van der Waals surface area (Å²) >= 11 is 5.71. The van der Waals surface area contributed by atoms with Gasteiger partial charge in [0.2, 0.25) is 11.2 Å². The van der Waals surface area contributed by atoms with Gasteiger partial charge in [0.05, 0.1) is 6.20 Å². The highest BCUT2D eigenvalue weighted by molar-refractivity contribution is 7.90. The molecule has 1 saturated carbocycles. The van der Waals surface area contributed by atoms with Crippen LogP contribution < -0.4 is 4.72 Å². The first-order valence-electron chi connectivity index (χ1n) is 6.72. The molecule has 7 nitrogen and oxygen atoms in total. The van der Waals surface area contributed by atoms with Gasteiger partial charge < -0.3 is 4.57 Å². The predicted octanol–water partition coefficient (Wildman–Crippen LogP) is 1.13. The molecule has 1 amide bonds. The van der Waals surface area contributed by atoms with Gasteiger partial charge in [0.1, 0.15) is 5.78 Å². The number of carbonyl (C=O) groups excluding carboxylic acids is 2. The van der Waals surface area contributed by atoms with Gasteiger partial charge in [-0.05, 0) is 30.4 Å². The fourth-order valence-corrected chi connectivity index (χ4v) is 4.28. The molecule has 0 unspecified atom stereocenters. The topological polar surface area (TPSA) is 98.1 Å². The summed E-state index contributed by atoms with van der Waals surface area (Å²) in [5.74, 6) is -1.35. The highest BCUT2D eigenvalue weighted by Crippen LogP contribution is 2.51. The molecule has 1 aliphatic rings. The Bertz CT molecular complexity index is 738. The van der Waals surface area contributed by atoms with Crippen LogP contribution in [0.3, 0.4) is 0 Å². The zero-order valence-corrected chi connectivity index (χ0v) is 14.3. The molecule has 1 N–H and O–H groups in total. The van der Waals surface area contributed by atoms with Crippen LogP contribution in [0.1, 0.15) is 27.2 Å². The lowest BCUT2D eigenvalue weighted by Crippen LogP contribution is -2.55. The van der Waals surface area contributed by atoms with Crippen LogP contribution in [0.5, 0.6) is 0 Å². The summed E-state index contributed by atoms with van der Waals surface area (Å²) in [7, 11) is -2.61. The number of Topliss-reactive ketones (excluding diaryl/α,β-unsaturated/α-hetero) is 1. The molecule has 22 heavy (non-hydrogen) atoms. The minimum absolute atomic E-state index is 0.00782. The van der Waals surface area contributed by atoms with Crippen molar-refractivity contribution in [2.45, 2.75) is 32.2 Å². The Kier molecular flexibility index (Phi) is 4.12. The van der Waals surface area contributed by atoms with Gasteiger partial charge in [-0.15, -0.1) is 0 Å². The van der Waals surface area contributed by atoms with E-state index < -0.39 is 27.3 Å². The number of carbonyl (C=O) groups is 2. The molecule has 1 aromatic rings. The summed E-state index contributed by atoms with van der Waals surface area (Å²) in [6, 6.07) is 0. The number of imidazole rings is 1. The third-order valence-corrected chi connectivity index (χ3v) is 6.22. The number of aromatic nitrogens is 2. The van der Waals surface area contributed by atoms with Crippen molar-refractivity contribution in [3.63, 3.8) is 0 Å². The average Bonchev–Trinajstić information content (AvgIpc) is 2.68. The Morgan fingerprint density at radius 1 is 1.41 bits per heavy atom. The lowest BCUT2D eigenvalue weighted by molar-refractivity contribution is -0.147. The Balaban J connectivity index is 2.17. The van der Waals surface area contributed by atoms with E-state index in [-0.39, 0.29) is 22.0 Å². The molecule has 0 saturated heterocycles. The molecule has 0 radical (unpaired) electrons. The van der Waals surface area contributed by atoms with Crippen molar-refractivity contribution < 1.29 is 18.0 Å². The molecule has 0 aliphatic heterocycles. The molecule has 9 heteroatoms. The molecule has 0 bridgehead atoms. The van der Waals surface area contributed by atoms with E-state index in [1.54, 1.807) is 13.8 Å². The van der Waals surface area contributed by atoms with Crippen LogP contribution in [0.15, 0.2) is 11.2 Å². The molecule has 122 valence electrons. The maximum absolute atomic E-state index is 12.3. The second-order valence-corrected chi connectivity index (χ2v) is 8.13. The maximum atomic E-state index is 12.3. The van der Waals surface area contributed by atoms with Crippen molar-refractivity contribution >= 4 is 33.3 Å². The zero-order valence-electron chi connectivity index (χ0n) is 12.8. The zero-order chi connectivity index (χ0) is 16.9. The third-order valence-electron chi connectivity index (χ3n) is 4.47. The van der Waals surface area contributed by atoms with Crippen LogP contribution in [-0.2, 0) is 26.7 Å². The number of hydrogen-bond donors (Lipinski definition) is 1. The summed E-state index contributed by atoms with van der Waals surface area (Å²) in [4.78, 5) is 27.4. The fraction of sp³-hybridized carbons (Fsp3) is 0.615. The normalized spacial score (nSPS) is 23.7. The molecular formula is C13H18ClN3O4S. The molecule has 0 spiro atoms. The van der Waals surface area contributed by atoms with Crippen LogP contribution in [0.4, 0.5) is 0 Å². The van der Waals surface area contributed by atoms with Crippen LogP contribution >= 0.6 is 11.6 Å². The highest BCUT2D eigenvalue weighted by Gasteiger charge is 2.54. The molecule has 2 rings (SSSR count). The standard InChI is InChI=1S/C13H18ClN3O4S/c1-7(18)8-5-9(13(8,2)3)11(19)16-22(20,21)10-6-15-12(14)17(10)4/h6,8-9H,5H2,1-4H3,(H,16,19)/t8-,9+/m0/s1. The van der Waals surface area contributed by atoms with E-state index in [9.17, 15) is 18.0 Å². The molecule has 0 aromatic carbocycles. The van der Waals surface area contributed by atoms with Crippen molar-refractivity contribution in [2.24, 2.45) is 24.3 Å². The molecule has 1 aromatic heterocycles. The summed E-state index contributed by atoms with van der Waals surface area (Å²) in [5, 5.41) is -0.181. The van der Waals surface area contributed by atoms with Crippen molar-refractivity contribution in [2.75, 3.05) is 0 Å². The Morgan fingerprint density at radius 2 is 2.00 bits per heavy atom. The van der Waals surface area contributed by atoms with Gasteiger partial charge in [0.25, 0.3) is 10.0 Å². The first-order valence-corrected chi connectivity index (χ1v) is 8.59. The second-order valence-electron chi connectivity index (χ2n) is 6.17. The van der Waals surface area contributed by atoms with Crippen molar-refractivity contribution in [1.82, 2.24) is 14.3 Å². The first-order chi connectivity index (χ1) is 9.98. The van der Waals surface area contributed by atoms with Gasteiger partial charge in [0, 0.05) is 18.9 Å². The molecule has 1 aliphatic carbocycles. The van der Waals surface area contributed by atoms with E-state index in [4.69, 9.17) is 11.6 Å². The first kappa shape index (κ1) is 17.0. The predicted molar refractivity (Wildman–Crippen MR) is 79.6 cm³/mol. The number of halogens is 1. The van der Waals surface area contributed by atoms with E-state index in [2.05, 4.69) is 4.98 Å². The Labute approximate surface area is 134 Å². The van der Waals surface area contributed by atoms with Gasteiger partial charge in [-0.2, -0.15) is 8.42 Å². The van der Waals surface area contributed by atoms with Gasteiger partial charge in [-0.3, -0.25) is 9.59 Å². The van der Waals surface area contributed by atoms with Crippen molar-refractivity contribution in [1.29, 1.82) is 0 Å². The van der Waals surface area contributed by atoms with E-state index in [1.807, 2.05) is 4.72 Å². The van der Waals surface area contributed by atoms with Gasteiger partial charge in [-0.1, -0.05) is 13.8 Å². The second kappa shape index (κ2) is 5.34. The smallest absolute Gasteiger partial charge is 0.281 e. The molecule has 1 heterocycles. The van der Waals surface area contributed by atoms with E-state index in [0.29, 0.717) is 6.42 Å². The van der Waals surface area contributed by atoms with E-state index >= 15 is 0 Å². The quantitative estimate of drug-likeness (QED) is 0.880. The Morgan fingerprint density at radius 3 is 2.41 bits per heavy atom. The fourth-order valence-electron chi connectivity index (χ4n) is 2.94. The number of ketones is 1. The largest absolute Gasteiger partial charge is 0.307 e. The number of hydrogen-bond acceptors (Lipinski definition) is 5. The minimum atomic E-state index is -4.05. The molecular weight excluding hydrogens is 330 g/mol. The number of amides is 1. The lowest BCUT2D eigenvalue weighted by Gasteiger charge is -2.49. The van der Waals surface area contributed by atoms with Gasteiger partial charge in [0.15, 0.2) is 5.03 Å². The Hall–Kier alpha value is -1.41. The lowest BCUT2D eigenvalue weighted by atomic mass is 9.53. The van der Waals surface area contributed by atoms with E-state index in [0.717, 1.165) is 6.20 Å². The van der Waals surface area contributed by atoms with Crippen LogP contribution in [0.25, 0.3) is 0 Å². The van der Waals surface area contributed by atoms with Crippen LogP contribution in [-0.4, -0.2) is 29.7 Å². The SMILES string of the molecule is CC(=O)[C@@H]1C[C@H](C(=O)NS(=O)(=O)c2cnc(Cl)n2C)C1(C)C. The summed E-state index contributed by atoms with van der Waals surface area (Å²) in [6.45, 7) is 5.07. The monoisotopic (exact) mass is 347 g/mol. The van der Waals surface area contributed by atoms with Crippen LogP contribution in [0.2, 0.25) is 5.28 Å². The van der Waals surface area contributed by atoms with Crippen molar-refractivity contribution in [3.8, 4) is 0 Å². The summed E-state index contributed by atoms with van der Waals surface area (Å²) in [6.07, 6.45) is 1.44. The minimum Gasteiger partial charge on any atom is -0.307 e. The average molecular weight is 348 g/mol. The highest BCUT2D eigenvalue weighted by atomic mass is 35.5. The maximum Gasteiger partial charge on any atom is 0.281 e. The summed E-state index contributed by atoms with van der Waals surface area (Å²) < 4.78 is 27.7. The number of nitrogens with one attached hydrogen (secondary N) is 1. The number of nitrogens with zero attached hydrogens (tertiary/aromatic N) is 2. The van der Waals surface area contributed by atoms with Crippen LogP contribution in [0, 0.1) is 17.3 Å². The summed E-state index contributed by atoms with van der Waals surface area (Å²) in [5.41, 5.74) is -0.560. The number of sulfonamides is 1. The van der Waals surface area contributed by atoms with Gasteiger partial charge >= 0.3 is 0 Å².